The number of nitrogens with zero attached hydrogens (tertiary/aromatic N) is 1. The van der Waals surface area contributed by atoms with E-state index < -0.39 is 27.1 Å². The molecule has 114 valence electrons. The van der Waals surface area contributed by atoms with Gasteiger partial charge in [-0.3, -0.25) is 4.79 Å². The van der Waals surface area contributed by atoms with Gasteiger partial charge in [0.1, 0.15) is 6.04 Å². The molecule has 6 nitrogen and oxygen atoms in total. The summed E-state index contributed by atoms with van der Waals surface area (Å²) in [5.41, 5.74) is 0. The molecule has 7 heteroatoms. The summed E-state index contributed by atoms with van der Waals surface area (Å²) < 4.78 is 29.8. The number of likely N-dealkylation sites (tertiary alicyclic amines) is 1. The van der Waals surface area contributed by atoms with Crippen molar-refractivity contribution in [1.29, 1.82) is 0 Å². The first-order valence-electron chi connectivity index (χ1n) is 6.52. The van der Waals surface area contributed by atoms with Crippen molar-refractivity contribution in [2.45, 2.75) is 29.5 Å². The Bertz CT molecular complexity index is 641. The molecule has 1 aromatic rings. The lowest BCUT2D eigenvalue weighted by Gasteiger charge is -2.20. The third-order valence-electron chi connectivity index (χ3n) is 3.65. The van der Waals surface area contributed by atoms with Crippen molar-refractivity contribution in [1.82, 2.24) is 4.90 Å². The summed E-state index contributed by atoms with van der Waals surface area (Å²) in [6.07, 6.45) is 0.0590. The molecule has 1 heterocycles. The first-order chi connectivity index (χ1) is 9.87. The molecule has 0 spiro atoms. The van der Waals surface area contributed by atoms with Gasteiger partial charge in [-0.2, -0.15) is 0 Å². The molecule has 0 saturated carbocycles. The van der Waals surface area contributed by atoms with Gasteiger partial charge < -0.3 is 9.64 Å². The van der Waals surface area contributed by atoms with Crippen molar-refractivity contribution in [2.24, 2.45) is 0 Å². The monoisotopic (exact) mass is 311 g/mol. The Balaban J connectivity index is 2.31. The third-order valence-corrected chi connectivity index (χ3v) is 5.80. The number of amides is 1. The minimum absolute atomic E-state index is 0.00628. The normalized spacial score (nSPS) is 22.1. The van der Waals surface area contributed by atoms with Crippen LogP contribution in [0.1, 0.15) is 13.3 Å². The Morgan fingerprint density at radius 2 is 1.86 bits per heavy atom. The first-order valence-corrected chi connectivity index (χ1v) is 8.06. The fourth-order valence-electron chi connectivity index (χ4n) is 2.53. The van der Waals surface area contributed by atoms with Gasteiger partial charge in [-0.1, -0.05) is 18.2 Å². The van der Waals surface area contributed by atoms with Crippen molar-refractivity contribution in [3.63, 3.8) is 0 Å². The number of methoxy groups -OCH3 is 1. The number of esters is 1. The minimum Gasteiger partial charge on any atom is -0.467 e. The Morgan fingerprint density at radius 3 is 2.38 bits per heavy atom. The number of hydrogen-bond acceptors (Lipinski definition) is 5. The largest absolute Gasteiger partial charge is 0.467 e. The number of carbonyl (C=O) groups is 2. The zero-order valence-corrected chi connectivity index (χ0v) is 12.7. The topological polar surface area (TPSA) is 80.8 Å². The molecule has 1 aliphatic heterocycles. The van der Waals surface area contributed by atoms with Gasteiger partial charge in [0.05, 0.1) is 17.3 Å². The molecule has 1 aliphatic rings. The molecule has 21 heavy (non-hydrogen) atoms. The second-order valence-electron chi connectivity index (χ2n) is 4.93. The van der Waals surface area contributed by atoms with E-state index >= 15 is 0 Å². The van der Waals surface area contributed by atoms with Gasteiger partial charge in [-0.15, -0.1) is 0 Å². The van der Waals surface area contributed by atoms with E-state index in [1.165, 1.54) is 31.1 Å². The van der Waals surface area contributed by atoms with E-state index in [-0.39, 0.29) is 23.8 Å². The van der Waals surface area contributed by atoms with Crippen molar-refractivity contribution in [2.75, 3.05) is 13.7 Å². The molecule has 0 radical (unpaired) electrons. The molecule has 0 N–H and O–H groups in total. The number of rotatable bonds is 3. The highest BCUT2D eigenvalue weighted by molar-refractivity contribution is 7.92. The van der Waals surface area contributed by atoms with Crippen molar-refractivity contribution in [3.05, 3.63) is 30.3 Å². The molecular weight excluding hydrogens is 294 g/mol. The molecule has 0 aromatic heterocycles. The summed E-state index contributed by atoms with van der Waals surface area (Å²) in [7, 11) is -2.36. The van der Waals surface area contributed by atoms with E-state index in [2.05, 4.69) is 4.74 Å². The summed E-state index contributed by atoms with van der Waals surface area (Å²) >= 11 is 0. The van der Waals surface area contributed by atoms with E-state index in [9.17, 15) is 18.0 Å². The molecule has 1 fully saturated rings. The van der Waals surface area contributed by atoms with E-state index in [1.807, 2.05) is 0 Å². The summed E-state index contributed by atoms with van der Waals surface area (Å²) in [4.78, 5) is 24.8. The molecule has 2 rings (SSSR count). The van der Waals surface area contributed by atoms with Gasteiger partial charge in [0.25, 0.3) is 0 Å². The second-order valence-corrected chi connectivity index (χ2v) is 7.15. The van der Waals surface area contributed by atoms with Crippen molar-refractivity contribution >= 4 is 21.7 Å². The highest BCUT2D eigenvalue weighted by atomic mass is 32.2. The number of ether oxygens (including phenoxy) is 1. The number of sulfone groups is 1. The van der Waals surface area contributed by atoms with Crippen molar-refractivity contribution in [3.8, 4) is 0 Å². The molecule has 0 aliphatic carbocycles. The Morgan fingerprint density at radius 1 is 1.24 bits per heavy atom. The Hall–Kier alpha value is -1.89. The SMILES string of the molecule is COC(=O)[C@@H]1C[C@@H](S(=O)(=O)c2ccccc2)CN1C(C)=O. The standard InChI is InChI=1S/C14H17NO5S/c1-10(16)15-9-12(8-13(15)14(17)20-2)21(18,19)11-6-4-3-5-7-11/h3-7,12-13H,8-9H2,1-2H3/t12-,13+/m1/s1. The molecule has 0 unspecified atom stereocenters. The van der Waals surface area contributed by atoms with Crippen LogP contribution in [0.4, 0.5) is 0 Å². The Labute approximate surface area is 123 Å². The van der Waals surface area contributed by atoms with E-state index in [4.69, 9.17) is 0 Å². The fourth-order valence-corrected chi connectivity index (χ4v) is 4.25. The molecule has 1 aromatic carbocycles. The number of carbonyl (C=O) groups excluding carboxylic acids is 2. The molecular formula is C14H17NO5S. The van der Waals surface area contributed by atoms with Crippen LogP contribution < -0.4 is 0 Å². The smallest absolute Gasteiger partial charge is 0.328 e. The summed E-state index contributed by atoms with van der Waals surface area (Å²) in [5, 5.41) is -0.798. The molecule has 0 bridgehead atoms. The van der Waals surface area contributed by atoms with Crippen LogP contribution in [-0.2, 0) is 24.2 Å². The summed E-state index contributed by atoms with van der Waals surface area (Å²) in [6.45, 7) is 1.32. The molecule has 1 amide bonds. The number of benzene rings is 1. The minimum atomic E-state index is -3.58. The van der Waals surface area contributed by atoms with Crippen LogP contribution in [0.25, 0.3) is 0 Å². The van der Waals surface area contributed by atoms with Gasteiger partial charge in [0, 0.05) is 13.5 Å². The zero-order chi connectivity index (χ0) is 15.6. The average molecular weight is 311 g/mol. The summed E-state index contributed by atoms with van der Waals surface area (Å²) in [5.74, 6) is -0.924. The van der Waals surface area contributed by atoms with Gasteiger partial charge in [-0.25, -0.2) is 13.2 Å². The zero-order valence-electron chi connectivity index (χ0n) is 11.9. The molecule has 2 atom stereocenters. The van der Waals surface area contributed by atoms with Crippen LogP contribution in [0, 0.1) is 0 Å². The second kappa shape index (κ2) is 5.85. The lowest BCUT2D eigenvalue weighted by atomic mass is 10.2. The van der Waals surface area contributed by atoms with Crippen molar-refractivity contribution < 1.29 is 22.7 Å². The predicted octanol–water partition coefficient (Wildman–Crippen LogP) is 0.623. The highest BCUT2D eigenvalue weighted by Gasteiger charge is 2.44. The van der Waals surface area contributed by atoms with Crippen LogP contribution in [-0.4, -0.2) is 50.1 Å². The van der Waals surface area contributed by atoms with Gasteiger partial charge >= 0.3 is 5.97 Å². The van der Waals surface area contributed by atoms with E-state index in [0.29, 0.717) is 0 Å². The van der Waals surface area contributed by atoms with E-state index in [1.54, 1.807) is 18.2 Å². The maximum atomic E-state index is 12.6. The van der Waals surface area contributed by atoms with Gasteiger partial charge in [-0.05, 0) is 18.6 Å². The molecule has 1 saturated heterocycles. The quantitative estimate of drug-likeness (QED) is 0.765. The third kappa shape index (κ3) is 2.92. The average Bonchev–Trinajstić information content (AvgIpc) is 2.93. The van der Waals surface area contributed by atoms with Gasteiger partial charge in [0.15, 0.2) is 9.84 Å². The van der Waals surface area contributed by atoms with Crippen LogP contribution in [0.15, 0.2) is 35.2 Å². The predicted molar refractivity (Wildman–Crippen MR) is 75.2 cm³/mol. The summed E-state index contributed by atoms with van der Waals surface area (Å²) in [6, 6.07) is 7.20. The van der Waals surface area contributed by atoms with Crippen LogP contribution in [0.5, 0.6) is 0 Å². The maximum absolute atomic E-state index is 12.6. The Kier molecular flexibility index (Phi) is 4.32. The maximum Gasteiger partial charge on any atom is 0.328 e. The first kappa shape index (κ1) is 15.5. The highest BCUT2D eigenvalue weighted by Crippen LogP contribution is 2.28. The van der Waals surface area contributed by atoms with Gasteiger partial charge in [0.2, 0.25) is 5.91 Å². The lowest BCUT2D eigenvalue weighted by Crippen LogP contribution is -2.40. The van der Waals surface area contributed by atoms with E-state index in [0.717, 1.165) is 0 Å². The fraction of sp³-hybridized carbons (Fsp3) is 0.429. The van der Waals surface area contributed by atoms with Crippen LogP contribution >= 0.6 is 0 Å². The van der Waals surface area contributed by atoms with Crippen LogP contribution in [0.2, 0.25) is 0 Å². The van der Waals surface area contributed by atoms with Crippen LogP contribution in [0.3, 0.4) is 0 Å². The lowest BCUT2D eigenvalue weighted by molar-refractivity contribution is -0.150. The number of hydrogen-bond donors (Lipinski definition) is 0.